The summed E-state index contributed by atoms with van der Waals surface area (Å²) < 4.78 is 1.84. The zero-order valence-electron chi connectivity index (χ0n) is 16.0. The van der Waals surface area contributed by atoms with Crippen molar-refractivity contribution >= 4 is 17.5 Å². The minimum atomic E-state index is -0.221. The van der Waals surface area contributed by atoms with Crippen molar-refractivity contribution < 1.29 is 4.79 Å². The smallest absolute Gasteiger partial charge is 0.220 e. The fourth-order valence-corrected chi connectivity index (χ4v) is 4.01. The maximum absolute atomic E-state index is 11.6. The molecular weight excluding hydrogens is 388 g/mol. The van der Waals surface area contributed by atoms with E-state index in [4.69, 9.17) is 17.3 Å². The third-order valence-electron chi connectivity index (χ3n) is 5.46. The van der Waals surface area contributed by atoms with Crippen molar-refractivity contribution in [2.24, 2.45) is 11.7 Å². The van der Waals surface area contributed by atoms with Gasteiger partial charge in [0.2, 0.25) is 5.91 Å². The van der Waals surface area contributed by atoms with Gasteiger partial charge in [0.1, 0.15) is 0 Å². The Morgan fingerprint density at radius 1 is 1.10 bits per heavy atom. The molecule has 3 aromatic rings. The summed E-state index contributed by atoms with van der Waals surface area (Å²) in [6, 6.07) is 17.8. The first-order valence-corrected chi connectivity index (χ1v) is 10.1. The lowest BCUT2D eigenvalue weighted by Gasteiger charge is -2.36. The molecule has 0 saturated carbocycles. The summed E-state index contributed by atoms with van der Waals surface area (Å²) in [7, 11) is 0. The molecule has 7 nitrogen and oxygen atoms in total. The van der Waals surface area contributed by atoms with Gasteiger partial charge in [-0.3, -0.25) is 9.69 Å². The Morgan fingerprint density at radius 3 is 2.45 bits per heavy atom. The predicted octanol–water partition coefficient (Wildman–Crippen LogP) is 2.66. The molecule has 8 heteroatoms. The molecule has 0 bridgehead atoms. The van der Waals surface area contributed by atoms with Crippen LogP contribution >= 0.6 is 11.6 Å². The Labute approximate surface area is 174 Å². The van der Waals surface area contributed by atoms with Crippen LogP contribution in [0.4, 0.5) is 0 Å². The van der Waals surface area contributed by atoms with E-state index in [-0.39, 0.29) is 17.9 Å². The SMILES string of the molecule is NC(=O)C1CCN([C@@H](c2ccc(Cl)cc2)c2nnnn2Cc2ccccc2)CC1. The van der Waals surface area contributed by atoms with Crippen LogP contribution in [0.15, 0.2) is 54.6 Å². The van der Waals surface area contributed by atoms with Crippen LogP contribution < -0.4 is 5.73 Å². The van der Waals surface area contributed by atoms with Crippen molar-refractivity contribution in [3.8, 4) is 0 Å². The van der Waals surface area contributed by atoms with E-state index >= 15 is 0 Å². The summed E-state index contributed by atoms with van der Waals surface area (Å²) in [6.45, 7) is 2.09. The lowest BCUT2D eigenvalue weighted by molar-refractivity contribution is -0.123. The van der Waals surface area contributed by atoms with Gasteiger partial charge >= 0.3 is 0 Å². The van der Waals surface area contributed by atoms with Gasteiger partial charge in [-0.1, -0.05) is 54.1 Å². The Bertz CT molecular complexity index is 951. The molecular formula is C21H23ClN6O. The first-order valence-electron chi connectivity index (χ1n) is 9.70. The van der Waals surface area contributed by atoms with E-state index in [1.54, 1.807) is 0 Å². The van der Waals surface area contributed by atoms with Crippen LogP contribution in [0.5, 0.6) is 0 Å². The average Bonchev–Trinajstić information content (AvgIpc) is 3.18. The number of likely N-dealkylation sites (tertiary alicyclic amines) is 1. The van der Waals surface area contributed by atoms with Gasteiger partial charge in [0.05, 0.1) is 12.6 Å². The Morgan fingerprint density at radius 2 is 1.79 bits per heavy atom. The van der Waals surface area contributed by atoms with E-state index in [1.165, 1.54) is 0 Å². The molecule has 1 amide bonds. The first-order chi connectivity index (χ1) is 14.1. The van der Waals surface area contributed by atoms with Crippen LogP contribution in [0.3, 0.4) is 0 Å². The first kappa shape index (κ1) is 19.5. The summed E-state index contributed by atoms with van der Waals surface area (Å²) in [6.07, 6.45) is 1.47. The number of amides is 1. The Balaban J connectivity index is 1.66. The van der Waals surface area contributed by atoms with Crippen LogP contribution in [0.25, 0.3) is 0 Å². The number of nitrogens with zero attached hydrogens (tertiary/aromatic N) is 5. The second-order valence-electron chi connectivity index (χ2n) is 7.35. The van der Waals surface area contributed by atoms with Crippen LogP contribution in [0.1, 0.15) is 35.8 Å². The van der Waals surface area contributed by atoms with E-state index in [0.717, 1.165) is 42.9 Å². The van der Waals surface area contributed by atoms with Crippen LogP contribution in [-0.4, -0.2) is 44.1 Å². The van der Waals surface area contributed by atoms with Gasteiger partial charge < -0.3 is 5.73 Å². The summed E-state index contributed by atoms with van der Waals surface area (Å²) in [5, 5.41) is 13.3. The predicted molar refractivity (Wildman–Crippen MR) is 110 cm³/mol. The largest absolute Gasteiger partial charge is 0.369 e. The molecule has 0 radical (unpaired) electrons. The zero-order valence-corrected chi connectivity index (χ0v) is 16.7. The number of nitrogens with two attached hydrogens (primary N) is 1. The van der Waals surface area contributed by atoms with Crippen LogP contribution in [0.2, 0.25) is 5.02 Å². The number of tetrazole rings is 1. The minimum Gasteiger partial charge on any atom is -0.369 e. The highest BCUT2D eigenvalue weighted by atomic mass is 35.5. The number of benzene rings is 2. The molecule has 29 heavy (non-hydrogen) atoms. The van der Waals surface area contributed by atoms with Gasteiger partial charge in [0.15, 0.2) is 5.82 Å². The quantitative estimate of drug-likeness (QED) is 0.674. The fraction of sp³-hybridized carbons (Fsp3) is 0.333. The summed E-state index contributed by atoms with van der Waals surface area (Å²) >= 11 is 6.11. The number of rotatable bonds is 6. The molecule has 1 aliphatic rings. The highest BCUT2D eigenvalue weighted by Crippen LogP contribution is 2.32. The number of carbonyl (C=O) groups is 1. The third kappa shape index (κ3) is 4.46. The molecule has 2 heterocycles. The monoisotopic (exact) mass is 410 g/mol. The Hall–Kier alpha value is -2.77. The van der Waals surface area contributed by atoms with Crippen molar-refractivity contribution in [2.75, 3.05) is 13.1 Å². The van der Waals surface area contributed by atoms with Crippen molar-refractivity contribution in [3.05, 3.63) is 76.6 Å². The zero-order chi connectivity index (χ0) is 20.2. The molecule has 4 rings (SSSR count). The number of hydrogen-bond donors (Lipinski definition) is 1. The lowest BCUT2D eigenvalue weighted by Crippen LogP contribution is -2.41. The number of primary amides is 1. The number of hydrogen-bond acceptors (Lipinski definition) is 5. The van der Waals surface area contributed by atoms with E-state index in [9.17, 15) is 4.79 Å². The van der Waals surface area contributed by atoms with Crippen molar-refractivity contribution in [1.82, 2.24) is 25.1 Å². The summed E-state index contributed by atoms with van der Waals surface area (Å²) in [5.74, 6) is 0.479. The summed E-state index contributed by atoms with van der Waals surface area (Å²) in [4.78, 5) is 13.9. The maximum Gasteiger partial charge on any atom is 0.220 e. The van der Waals surface area contributed by atoms with Gasteiger partial charge in [-0.25, -0.2) is 4.68 Å². The molecule has 1 aliphatic heterocycles. The fourth-order valence-electron chi connectivity index (χ4n) is 3.89. The highest BCUT2D eigenvalue weighted by Gasteiger charge is 2.32. The molecule has 0 aliphatic carbocycles. The molecule has 1 aromatic heterocycles. The van der Waals surface area contributed by atoms with Crippen molar-refractivity contribution in [2.45, 2.75) is 25.4 Å². The van der Waals surface area contributed by atoms with E-state index in [0.29, 0.717) is 11.6 Å². The molecule has 150 valence electrons. The minimum absolute atomic E-state index is 0.0718. The van der Waals surface area contributed by atoms with Gasteiger partial charge in [-0.15, -0.1) is 5.10 Å². The normalized spacial score (nSPS) is 16.6. The standard InChI is InChI=1S/C21H23ClN6O/c22-18-8-6-16(7-9-18)19(27-12-10-17(11-13-27)20(23)29)21-24-25-26-28(21)14-15-4-2-1-3-5-15/h1-9,17,19H,10-14H2,(H2,23,29)/t19-/m0/s1. The maximum atomic E-state index is 11.6. The molecule has 1 atom stereocenters. The van der Waals surface area contributed by atoms with Crippen LogP contribution in [0, 0.1) is 5.92 Å². The van der Waals surface area contributed by atoms with Gasteiger partial charge in [0, 0.05) is 10.9 Å². The number of halogens is 1. The third-order valence-corrected chi connectivity index (χ3v) is 5.71. The number of piperidine rings is 1. The second-order valence-corrected chi connectivity index (χ2v) is 7.78. The molecule has 2 aromatic carbocycles. The molecule has 0 unspecified atom stereocenters. The lowest BCUT2D eigenvalue weighted by atomic mass is 9.93. The number of aromatic nitrogens is 4. The molecule has 0 spiro atoms. The Kier molecular flexibility index (Phi) is 5.87. The van der Waals surface area contributed by atoms with Gasteiger partial charge in [-0.05, 0) is 59.6 Å². The number of carbonyl (C=O) groups excluding carboxylic acids is 1. The summed E-state index contributed by atoms with van der Waals surface area (Å²) in [5.41, 5.74) is 7.71. The van der Waals surface area contributed by atoms with Crippen molar-refractivity contribution in [1.29, 1.82) is 0 Å². The molecule has 2 N–H and O–H groups in total. The van der Waals surface area contributed by atoms with E-state index in [2.05, 4.69) is 32.6 Å². The molecule has 1 saturated heterocycles. The van der Waals surface area contributed by atoms with Crippen molar-refractivity contribution in [3.63, 3.8) is 0 Å². The van der Waals surface area contributed by atoms with Gasteiger partial charge in [-0.2, -0.15) is 0 Å². The van der Waals surface area contributed by atoms with E-state index in [1.807, 2.05) is 47.1 Å². The highest BCUT2D eigenvalue weighted by molar-refractivity contribution is 6.30. The average molecular weight is 411 g/mol. The van der Waals surface area contributed by atoms with Gasteiger partial charge in [0.25, 0.3) is 0 Å². The topological polar surface area (TPSA) is 89.9 Å². The second kappa shape index (κ2) is 8.71. The molecule has 1 fully saturated rings. The van der Waals surface area contributed by atoms with Crippen LogP contribution in [-0.2, 0) is 11.3 Å². The van der Waals surface area contributed by atoms with E-state index < -0.39 is 0 Å².